The van der Waals surface area contributed by atoms with Crippen molar-refractivity contribution in [2.24, 2.45) is 5.92 Å². The SMILES string of the molecule is CC1CC1Nc1c(F)c(F)nc(F)c1F. The molecule has 1 saturated carbocycles. The van der Waals surface area contributed by atoms with Gasteiger partial charge in [0.1, 0.15) is 5.69 Å². The summed E-state index contributed by atoms with van der Waals surface area (Å²) in [7, 11) is 0. The van der Waals surface area contributed by atoms with E-state index in [1.54, 1.807) is 0 Å². The monoisotopic (exact) mass is 220 g/mol. The fourth-order valence-electron chi connectivity index (χ4n) is 1.32. The highest BCUT2D eigenvalue weighted by Gasteiger charge is 2.35. The van der Waals surface area contributed by atoms with Crippen LogP contribution in [0.3, 0.4) is 0 Å². The van der Waals surface area contributed by atoms with E-state index >= 15 is 0 Å². The van der Waals surface area contributed by atoms with Crippen LogP contribution in [0.1, 0.15) is 13.3 Å². The quantitative estimate of drug-likeness (QED) is 0.611. The summed E-state index contributed by atoms with van der Waals surface area (Å²) in [6.45, 7) is 1.86. The summed E-state index contributed by atoms with van der Waals surface area (Å²) >= 11 is 0. The van der Waals surface area contributed by atoms with E-state index in [4.69, 9.17) is 0 Å². The van der Waals surface area contributed by atoms with Gasteiger partial charge in [0, 0.05) is 6.04 Å². The van der Waals surface area contributed by atoms with Gasteiger partial charge in [0.2, 0.25) is 11.6 Å². The van der Waals surface area contributed by atoms with Crippen LogP contribution < -0.4 is 5.32 Å². The van der Waals surface area contributed by atoms with E-state index in [0.717, 1.165) is 6.42 Å². The van der Waals surface area contributed by atoms with E-state index in [1.807, 2.05) is 6.92 Å². The minimum atomic E-state index is -1.63. The fraction of sp³-hybridized carbons (Fsp3) is 0.444. The molecule has 6 heteroatoms. The molecule has 0 aromatic carbocycles. The van der Waals surface area contributed by atoms with E-state index in [0.29, 0.717) is 0 Å². The van der Waals surface area contributed by atoms with Crippen LogP contribution in [-0.2, 0) is 0 Å². The molecule has 0 radical (unpaired) electrons. The Hall–Kier alpha value is -1.33. The normalized spacial score (nSPS) is 24.1. The first-order valence-corrected chi connectivity index (χ1v) is 4.47. The zero-order chi connectivity index (χ0) is 11.2. The lowest BCUT2D eigenvalue weighted by Crippen LogP contribution is -2.11. The van der Waals surface area contributed by atoms with Crippen LogP contribution in [0.15, 0.2) is 0 Å². The predicted octanol–water partition coefficient (Wildman–Crippen LogP) is 2.46. The Labute approximate surface area is 83.3 Å². The molecule has 2 atom stereocenters. The van der Waals surface area contributed by atoms with Gasteiger partial charge >= 0.3 is 0 Å². The predicted molar refractivity (Wildman–Crippen MR) is 45.3 cm³/mol. The molecule has 0 saturated heterocycles. The Morgan fingerprint density at radius 3 is 2.00 bits per heavy atom. The third-order valence-corrected chi connectivity index (χ3v) is 2.44. The van der Waals surface area contributed by atoms with Crippen molar-refractivity contribution in [3.8, 4) is 0 Å². The summed E-state index contributed by atoms with van der Waals surface area (Å²) in [4.78, 5) is 2.46. The maximum Gasteiger partial charge on any atom is 0.253 e. The molecule has 0 amide bonds. The summed E-state index contributed by atoms with van der Waals surface area (Å²) in [5, 5.41) is 2.41. The number of hydrogen-bond acceptors (Lipinski definition) is 2. The lowest BCUT2D eigenvalue weighted by atomic mass is 10.3. The highest BCUT2D eigenvalue weighted by molar-refractivity contribution is 5.47. The summed E-state index contributed by atoms with van der Waals surface area (Å²) in [5.74, 6) is -5.97. The van der Waals surface area contributed by atoms with Crippen molar-refractivity contribution in [2.45, 2.75) is 19.4 Å². The molecule has 82 valence electrons. The van der Waals surface area contributed by atoms with Gasteiger partial charge in [0.25, 0.3) is 11.9 Å². The second-order valence-electron chi connectivity index (χ2n) is 3.66. The molecule has 0 aliphatic heterocycles. The minimum absolute atomic E-state index is 0.129. The molecule has 1 aliphatic carbocycles. The Kier molecular flexibility index (Phi) is 2.28. The van der Waals surface area contributed by atoms with Crippen LogP contribution in [0.4, 0.5) is 23.2 Å². The van der Waals surface area contributed by atoms with Crippen LogP contribution in [0, 0.1) is 29.4 Å². The zero-order valence-electron chi connectivity index (χ0n) is 7.82. The van der Waals surface area contributed by atoms with Crippen molar-refractivity contribution in [1.82, 2.24) is 4.98 Å². The van der Waals surface area contributed by atoms with E-state index < -0.39 is 29.2 Å². The van der Waals surface area contributed by atoms with Crippen LogP contribution >= 0.6 is 0 Å². The Morgan fingerprint density at radius 2 is 1.60 bits per heavy atom. The number of nitrogens with zero attached hydrogens (tertiary/aromatic N) is 1. The third kappa shape index (κ3) is 1.75. The molecular formula is C9H8F4N2. The number of aromatic nitrogens is 1. The first kappa shape index (κ1) is 10.2. The van der Waals surface area contributed by atoms with Crippen molar-refractivity contribution in [3.05, 3.63) is 23.5 Å². The summed E-state index contributed by atoms with van der Waals surface area (Å²) in [6, 6.07) is -0.129. The maximum atomic E-state index is 13.1. The second kappa shape index (κ2) is 3.36. The van der Waals surface area contributed by atoms with Gasteiger partial charge in [-0.2, -0.15) is 22.5 Å². The number of rotatable bonds is 2. The molecule has 0 bridgehead atoms. The fourth-order valence-corrected chi connectivity index (χ4v) is 1.32. The number of nitrogens with one attached hydrogen (secondary N) is 1. The van der Waals surface area contributed by atoms with Crippen molar-refractivity contribution < 1.29 is 17.6 Å². The maximum absolute atomic E-state index is 13.1. The lowest BCUT2D eigenvalue weighted by molar-refractivity contribution is 0.410. The molecule has 2 rings (SSSR count). The lowest BCUT2D eigenvalue weighted by Gasteiger charge is -2.08. The van der Waals surface area contributed by atoms with Gasteiger partial charge in [-0.3, -0.25) is 0 Å². The summed E-state index contributed by atoms with van der Waals surface area (Å²) < 4.78 is 51.4. The average molecular weight is 220 g/mol. The van der Waals surface area contributed by atoms with Gasteiger partial charge in [-0.25, -0.2) is 0 Å². The first-order chi connectivity index (χ1) is 7.00. The van der Waals surface area contributed by atoms with E-state index in [2.05, 4.69) is 10.3 Å². The smallest absolute Gasteiger partial charge is 0.253 e. The van der Waals surface area contributed by atoms with Crippen molar-refractivity contribution in [3.63, 3.8) is 0 Å². The Balaban J connectivity index is 2.35. The van der Waals surface area contributed by atoms with Gasteiger partial charge < -0.3 is 5.32 Å². The van der Waals surface area contributed by atoms with Gasteiger partial charge in [0.15, 0.2) is 0 Å². The molecule has 1 aromatic rings. The van der Waals surface area contributed by atoms with Crippen LogP contribution in [0.2, 0.25) is 0 Å². The standard InChI is InChI=1S/C9H8F4N2/c1-3-2-4(3)14-7-5(10)8(12)15-9(13)6(7)11/h3-4H,2H2,1H3,(H,14,15). The first-order valence-electron chi connectivity index (χ1n) is 4.47. The average Bonchev–Trinajstić information content (AvgIpc) is 2.86. The summed E-state index contributed by atoms with van der Waals surface area (Å²) in [6.07, 6.45) is 0.727. The van der Waals surface area contributed by atoms with Crippen molar-refractivity contribution in [1.29, 1.82) is 0 Å². The van der Waals surface area contributed by atoms with Gasteiger partial charge in [-0.15, -0.1) is 0 Å². The number of halogens is 4. The second-order valence-corrected chi connectivity index (χ2v) is 3.66. The van der Waals surface area contributed by atoms with Gasteiger partial charge in [-0.05, 0) is 12.3 Å². The number of hydrogen-bond donors (Lipinski definition) is 1. The molecule has 1 N–H and O–H groups in total. The summed E-state index contributed by atoms with van der Waals surface area (Å²) in [5.41, 5.74) is -0.769. The number of pyridine rings is 1. The Morgan fingerprint density at radius 1 is 1.13 bits per heavy atom. The van der Waals surface area contributed by atoms with Crippen molar-refractivity contribution in [2.75, 3.05) is 5.32 Å². The zero-order valence-corrected chi connectivity index (χ0v) is 7.82. The minimum Gasteiger partial charge on any atom is -0.377 e. The molecule has 2 nitrogen and oxygen atoms in total. The molecule has 15 heavy (non-hydrogen) atoms. The van der Waals surface area contributed by atoms with E-state index in [1.165, 1.54) is 0 Å². The third-order valence-electron chi connectivity index (χ3n) is 2.44. The van der Waals surface area contributed by atoms with E-state index in [9.17, 15) is 17.6 Å². The van der Waals surface area contributed by atoms with Gasteiger partial charge in [-0.1, -0.05) is 6.92 Å². The molecular weight excluding hydrogens is 212 g/mol. The van der Waals surface area contributed by atoms with Crippen molar-refractivity contribution >= 4 is 5.69 Å². The molecule has 2 unspecified atom stereocenters. The molecule has 1 fully saturated rings. The van der Waals surface area contributed by atoms with E-state index in [-0.39, 0.29) is 12.0 Å². The van der Waals surface area contributed by atoms with Crippen LogP contribution in [0.25, 0.3) is 0 Å². The van der Waals surface area contributed by atoms with Crippen LogP contribution in [0.5, 0.6) is 0 Å². The molecule has 1 aromatic heterocycles. The largest absolute Gasteiger partial charge is 0.377 e. The topological polar surface area (TPSA) is 24.9 Å². The highest BCUT2D eigenvalue weighted by Crippen LogP contribution is 2.34. The number of anilines is 1. The highest BCUT2D eigenvalue weighted by atomic mass is 19.2. The van der Waals surface area contributed by atoms with Crippen LogP contribution in [-0.4, -0.2) is 11.0 Å². The molecule has 0 spiro atoms. The Bertz CT molecular complexity index is 381. The van der Waals surface area contributed by atoms with Gasteiger partial charge in [0.05, 0.1) is 0 Å². The molecule has 1 aliphatic rings. The molecule has 1 heterocycles.